The molecule has 1 rings (SSSR count). The van der Waals surface area contributed by atoms with Crippen LogP contribution in [0.25, 0.3) is 0 Å². The van der Waals surface area contributed by atoms with Gasteiger partial charge in [0.1, 0.15) is 0 Å². The van der Waals surface area contributed by atoms with Crippen molar-refractivity contribution in [2.24, 2.45) is 0 Å². The minimum atomic E-state index is -0.519. The van der Waals surface area contributed by atoms with Crippen LogP contribution in [0.15, 0.2) is 0 Å². The van der Waals surface area contributed by atoms with E-state index in [1.165, 1.54) is 0 Å². The molecule has 0 spiro atoms. The first-order chi connectivity index (χ1) is 8.60. The van der Waals surface area contributed by atoms with Gasteiger partial charge in [-0.05, 0) is 12.8 Å². The monoisotopic (exact) mass is 254 g/mol. The summed E-state index contributed by atoms with van der Waals surface area (Å²) in [5.74, 6) is -0.346. The van der Waals surface area contributed by atoms with Gasteiger partial charge >= 0.3 is 0 Å². The van der Waals surface area contributed by atoms with Gasteiger partial charge in [-0.25, -0.2) is 0 Å². The lowest BCUT2D eigenvalue weighted by molar-refractivity contribution is 0.0906. The number of carbonyl (C=O) groups excluding carboxylic acids is 1. The molecule has 5 N–H and O–H groups in total. The summed E-state index contributed by atoms with van der Waals surface area (Å²) in [6.45, 7) is 4.23. The number of nitrogens with two attached hydrogens (primary N) is 1. The molecule has 0 aliphatic heterocycles. The summed E-state index contributed by atoms with van der Waals surface area (Å²) in [6, 6.07) is 0. The van der Waals surface area contributed by atoms with Crippen molar-refractivity contribution in [2.75, 3.05) is 12.3 Å². The van der Waals surface area contributed by atoms with Crippen molar-refractivity contribution in [3.05, 3.63) is 11.4 Å². The molecule has 1 atom stereocenters. The number of aliphatic hydroxyl groups is 1. The molecule has 6 nitrogen and oxygen atoms in total. The molecule has 1 aromatic rings. The Kier molecular flexibility index (Phi) is 5.64. The quantitative estimate of drug-likeness (QED) is 0.578. The van der Waals surface area contributed by atoms with Crippen LogP contribution < -0.4 is 11.1 Å². The molecule has 0 fully saturated rings. The summed E-state index contributed by atoms with van der Waals surface area (Å²) in [7, 11) is 0. The summed E-state index contributed by atoms with van der Waals surface area (Å²) < 4.78 is 0. The van der Waals surface area contributed by atoms with E-state index >= 15 is 0 Å². The van der Waals surface area contributed by atoms with Gasteiger partial charge in [0.2, 0.25) is 0 Å². The Morgan fingerprint density at radius 1 is 1.50 bits per heavy atom. The third-order valence-corrected chi connectivity index (χ3v) is 2.72. The van der Waals surface area contributed by atoms with Gasteiger partial charge in [0.25, 0.3) is 5.91 Å². The van der Waals surface area contributed by atoms with Crippen molar-refractivity contribution in [1.82, 2.24) is 15.5 Å². The second-order valence-corrected chi connectivity index (χ2v) is 4.37. The van der Waals surface area contributed by atoms with E-state index in [9.17, 15) is 9.90 Å². The van der Waals surface area contributed by atoms with Crippen molar-refractivity contribution < 1.29 is 9.90 Å². The second-order valence-electron chi connectivity index (χ2n) is 4.37. The molecule has 6 heteroatoms. The molecule has 0 saturated carbocycles. The molecule has 0 aromatic carbocycles. The molecule has 1 amide bonds. The molecule has 1 aromatic heterocycles. The highest BCUT2D eigenvalue weighted by Gasteiger charge is 2.17. The SMILES string of the molecule is CCCc1[nH]nc(C(=O)NCC(O)CCC)c1N. The van der Waals surface area contributed by atoms with Crippen molar-refractivity contribution in [1.29, 1.82) is 0 Å². The van der Waals surface area contributed by atoms with Gasteiger partial charge in [-0.2, -0.15) is 5.10 Å². The highest BCUT2D eigenvalue weighted by Crippen LogP contribution is 2.15. The molecule has 0 bridgehead atoms. The average molecular weight is 254 g/mol. The maximum absolute atomic E-state index is 11.8. The first-order valence-electron chi connectivity index (χ1n) is 6.39. The minimum absolute atomic E-state index is 0.210. The smallest absolute Gasteiger partial charge is 0.274 e. The molecule has 18 heavy (non-hydrogen) atoms. The van der Waals surface area contributed by atoms with Crippen LogP contribution in [-0.4, -0.2) is 33.9 Å². The van der Waals surface area contributed by atoms with Gasteiger partial charge in [0.15, 0.2) is 5.69 Å². The van der Waals surface area contributed by atoms with Crippen LogP contribution in [0.2, 0.25) is 0 Å². The number of anilines is 1. The molecule has 0 aliphatic rings. The van der Waals surface area contributed by atoms with Gasteiger partial charge in [0, 0.05) is 6.54 Å². The number of nitrogens with one attached hydrogen (secondary N) is 2. The lowest BCUT2D eigenvalue weighted by atomic mass is 10.2. The summed E-state index contributed by atoms with van der Waals surface area (Å²) in [4.78, 5) is 11.8. The number of aryl methyl sites for hydroxylation is 1. The molecular formula is C12H22N4O2. The van der Waals surface area contributed by atoms with Crippen LogP contribution in [0.5, 0.6) is 0 Å². The molecule has 0 radical (unpaired) electrons. The van der Waals surface area contributed by atoms with E-state index < -0.39 is 6.10 Å². The third-order valence-electron chi connectivity index (χ3n) is 2.72. The molecule has 1 heterocycles. The molecule has 102 valence electrons. The van der Waals surface area contributed by atoms with Gasteiger partial charge in [-0.3, -0.25) is 9.89 Å². The zero-order chi connectivity index (χ0) is 13.5. The van der Waals surface area contributed by atoms with E-state index in [-0.39, 0.29) is 18.1 Å². The predicted molar refractivity (Wildman–Crippen MR) is 70.2 cm³/mol. The largest absolute Gasteiger partial charge is 0.395 e. The van der Waals surface area contributed by atoms with Crippen LogP contribution in [0.4, 0.5) is 5.69 Å². The lowest BCUT2D eigenvalue weighted by Gasteiger charge is -2.09. The van der Waals surface area contributed by atoms with Crippen molar-refractivity contribution in [3.8, 4) is 0 Å². The Morgan fingerprint density at radius 2 is 2.22 bits per heavy atom. The number of hydrogen-bond donors (Lipinski definition) is 4. The van der Waals surface area contributed by atoms with E-state index in [0.717, 1.165) is 25.0 Å². The van der Waals surface area contributed by atoms with Gasteiger partial charge in [-0.15, -0.1) is 0 Å². The number of carbonyl (C=O) groups is 1. The van der Waals surface area contributed by atoms with E-state index in [0.29, 0.717) is 12.1 Å². The Bertz CT molecular complexity index is 389. The van der Waals surface area contributed by atoms with Crippen LogP contribution >= 0.6 is 0 Å². The first-order valence-corrected chi connectivity index (χ1v) is 6.39. The summed E-state index contributed by atoms with van der Waals surface area (Å²) in [5, 5.41) is 18.8. The zero-order valence-corrected chi connectivity index (χ0v) is 11.0. The van der Waals surface area contributed by atoms with E-state index in [4.69, 9.17) is 5.73 Å². The van der Waals surface area contributed by atoms with Gasteiger partial charge in [-0.1, -0.05) is 26.7 Å². The minimum Gasteiger partial charge on any atom is -0.395 e. The standard InChI is InChI=1S/C12H22N4O2/c1-3-5-8(17)7-14-12(18)11-10(13)9(6-4-2)15-16-11/h8,17H,3-7,13H2,1-2H3,(H,14,18)(H,15,16). The number of nitrogen functional groups attached to an aromatic ring is 1. The van der Waals surface area contributed by atoms with Crippen molar-refractivity contribution >= 4 is 11.6 Å². The van der Waals surface area contributed by atoms with Crippen molar-refractivity contribution in [3.63, 3.8) is 0 Å². The number of rotatable bonds is 7. The number of H-pyrrole nitrogens is 1. The Balaban J connectivity index is 2.56. The summed E-state index contributed by atoms with van der Waals surface area (Å²) in [6.07, 6.45) is 2.72. The van der Waals surface area contributed by atoms with Gasteiger partial charge < -0.3 is 16.2 Å². The zero-order valence-electron chi connectivity index (χ0n) is 11.0. The van der Waals surface area contributed by atoms with Crippen LogP contribution in [0.1, 0.15) is 49.3 Å². The Morgan fingerprint density at radius 3 is 2.83 bits per heavy atom. The van der Waals surface area contributed by atoms with Crippen LogP contribution in [0, 0.1) is 0 Å². The molecule has 0 saturated heterocycles. The number of hydrogen-bond acceptors (Lipinski definition) is 4. The highest BCUT2D eigenvalue weighted by molar-refractivity contribution is 5.97. The van der Waals surface area contributed by atoms with Crippen LogP contribution in [0.3, 0.4) is 0 Å². The fourth-order valence-electron chi connectivity index (χ4n) is 1.73. The van der Waals surface area contributed by atoms with Crippen LogP contribution in [-0.2, 0) is 6.42 Å². The number of aliphatic hydroxyl groups excluding tert-OH is 1. The lowest BCUT2D eigenvalue weighted by Crippen LogP contribution is -2.32. The fourth-order valence-corrected chi connectivity index (χ4v) is 1.73. The van der Waals surface area contributed by atoms with E-state index in [1.54, 1.807) is 0 Å². The van der Waals surface area contributed by atoms with Crippen molar-refractivity contribution in [2.45, 2.75) is 45.6 Å². The summed E-state index contributed by atoms with van der Waals surface area (Å²) in [5.41, 5.74) is 7.24. The normalized spacial score (nSPS) is 12.4. The molecule has 0 aliphatic carbocycles. The van der Waals surface area contributed by atoms with E-state index in [1.807, 2.05) is 13.8 Å². The summed E-state index contributed by atoms with van der Waals surface area (Å²) >= 11 is 0. The van der Waals surface area contributed by atoms with E-state index in [2.05, 4.69) is 15.5 Å². The molecular weight excluding hydrogens is 232 g/mol. The average Bonchev–Trinajstić information content (AvgIpc) is 2.69. The first kappa shape index (κ1) is 14.5. The second kappa shape index (κ2) is 7.00. The third kappa shape index (κ3) is 3.73. The number of aromatic nitrogens is 2. The van der Waals surface area contributed by atoms with Gasteiger partial charge in [0.05, 0.1) is 17.5 Å². The maximum atomic E-state index is 11.8. The predicted octanol–water partition coefficient (Wildman–Crippen LogP) is 0.835. The highest BCUT2D eigenvalue weighted by atomic mass is 16.3. The number of amides is 1. The number of nitrogens with zero attached hydrogens (tertiary/aromatic N) is 1. The molecule has 1 unspecified atom stereocenters. The topological polar surface area (TPSA) is 104 Å². The fraction of sp³-hybridized carbons (Fsp3) is 0.667. The maximum Gasteiger partial charge on any atom is 0.274 e. The number of aromatic amines is 1. The Hall–Kier alpha value is -1.56. The Labute approximate surface area is 107 Å².